The Kier molecular flexibility index (Phi) is 7.58. The van der Waals surface area contributed by atoms with Crippen molar-refractivity contribution in [1.82, 2.24) is 4.90 Å². The monoisotopic (exact) mass is 409 g/mol. The lowest BCUT2D eigenvalue weighted by Crippen LogP contribution is -2.36. The van der Waals surface area contributed by atoms with E-state index >= 15 is 0 Å². The molecule has 3 rings (SSSR count). The Morgan fingerprint density at radius 1 is 0.857 bits per heavy atom. The number of thioether (sulfide) groups is 1. The number of nitrogens with zero attached hydrogens (tertiary/aromatic N) is 1. The minimum absolute atomic E-state index is 0.131. The van der Waals surface area contributed by atoms with Crippen molar-refractivity contribution in [2.45, 2.75) is 36.6 Å². The first-order valence-corrected chi connectivity index (χ1v) is 10.7. The van der Waals surface area contributed by atoms with Crippen LogP contribution in [-0.4, -0.2) is 16.1 Å². The lowest BCUT2D eigenvalue weighted by atomic mass is 10.1. The van der Waals surface area contributed by atoms with Crippen LogP contribution in [0.15, 0.2) is 89.8 Å². The number of hydrogen-bond donors (Lipinski definition) is 0. The van der Waals surface area contributed by atoms with Crippen LogP contribution in [0.25, 0.3) is 0 Å². The molecular formula is C24H24ClNOS. The number of carbonyl (C=O) groups is 1. The molecule has 0 bridgehead atoms. The third-order valence-electron chi connectivity index (χ3n) is 4.48. The molecule has 0 aromatic heterocycles. The van der Waals surface area contributed by atoms with Crippen molar-refractivity contribution in [3.8, 4) is 0 Å². The van der Waals surface area contributed by atoms with Crippen molar-refractivity contribution in [1.29, 1.82) is 0 Å². The van der Waals surface area contributed by atoms with E-state index < -0.39 is 0 Å². The van der Waals surface area contributed by atoms with Crippen LogP contribution in [0.5, 0.6) is 0 Å². The van der Waals surface area contributed by atoms with Gasteiger partial charge in [-0.25, -0.2) is 0 Å². The van der Waals surface area contributed by atoms with E-state index in [1.807, 2.05) is 65.6 Å². The topological polar surface area (TPSA) is 20.3 Å². The molecule has 28 heavy (non-hydrogen) atoms. The van der Waals surface area contributed by atoms with E-state index in [0.29, 0.717) is 18.1 Å². The fraction of sp³-hybridized carbons (Fsp3) is 0.208. The maximum Gasteiger partial charge on any atom is 0.236 e. The van der Waals surface area contributed by atoms with Crippen LogP contribution in [-0.2, 0) is 17.9 Å². The molecule has 2 nitrogen and oxygen atoms in total. The molecule has 0 heterocycles. The maximum atomic E-state index is 13.4. The maximum absolute atomic E-state index is 13.4. The fourth-order valence-electron chi connectivity index (χ4n) is 3.01. The van der Waals surface area contributed by atoms with Gasteiger partial charge in [-0.3, -0.25) is 4.79 Å². The van der Waals surface area contributed by atoms with Gasteiger partial charge in [0, 0.05) is 23.0 Å². The van der Waals surface area contributed by atoms with Gasteiger partial charge in [0.05, 0.1) is 5.25 Å². The molecule has 0 aliphatic rings. The van der Waals surface area contributed by atoms with E-state index in [0.717, 1.165) is 22.4 Å². The molecule has 4 heteroatoms. The molecule has 0 aliphatic carbocycles. The molecule has 0 spiro atoms. The van der Waals surface area contributed by atoms with Crippen LogP contribution in [0.1, 0.15) is 24.5 Å². The lowest BCUT2D eigenvalue weighted by Gasteiger charge is -2.27. The normalized spacial score (nSPS) is 11.8. The van der Waals surface area contributed by atoms with E-state index in [4.69, 9.17) is 11.6 Å². The molecular weight excluding hydrogens is 386 g/mol. The summed E-state index contributed by atoms with van der Waals surface area (Å²) in [4.78, 5) is 16.5. The SMILES string of the molecule is CC[C@@H](Sc1ccc(Cl)cc1)C(=O)N(Cc1ccccc1)Cc1ccccc1. The summed E-state index contributed by atoms with van der Waals surface area (Å²) in [5.41, 5.74) is 2.27. The van der Waals surface area contributed by atoms with Gasteiger partial charge in [0.2, 0.25) is 5.91 Å². The Bertz CT molecular complexity index is 827. The molecule has 1 amide bonds. The summed E-state index contributed by atoms with van der Waals surface area (Å²) in [6.07, 6.45) is 0.770. The van der Waals surface area contributed by atoms with Gasteiger partial charge < -0.3 is 4.90 Å². The highest BCUT2D eigenvalue weighted by atomic mass is 35.5. The zero-order chi connectivity index (χ0) is 19.8. The van der Waals surface area contributed by atoms with Gasteiger partial charge in [-0.05, 0) is 41.8 Å². The van der Waals surface area contributed by atoms with E-state index in [1.165, 1.54) is 0 Å². The molecule has 1 atom stereocenters. The van der Waals surface area contributed by atoms with Gasteiger partial charge in [0.25, 0.3) is 0 Å². The minimum Gasteiger partial charge on any atom is -0.333 e. The molecule has 0 radical (unpaired) electrons. The van der Waals surface area contributed by atoms with Crippen molar-refractivity contribution in [3.63, 3.8) is 0 Å². The largest absolute Gasteiger partial charge is 0.333 e. The molecule has 0 saturated heterocycles. The van der Waals surface area contributed by atoms with Crippen LogP contribution < -0.4 is 0 Å². The van der Waals surface area contributed by atoms with Gasteiger partial charge >= 0.3 is 0 Å². The number of halogens is 1. The zero-order valence-corrected chi connectivity index (χ0v) is 17.5. The smallest absolute Gasteiger partial charge is 0.236 e. The standard InChI is InChI=1S/C24H24ClNOS/c1-2-23(28-22-15-13-21(25)14-16-22)24(27)26(17-19-9-5-3-6-10-19)18-20-11-7-4-8-12-20/h3-16,23H,2,17-18H2,1H3/t23-/m1/s1. The third-order valence-corrected chi connectivity index (χ3v) is 6.10. The predicted octanol–water partition coefficient (Wildman–Crippen LogP) is 6.44. The number of benzene rings is 3. The summed E-state index contributed by atoms with van der Waals surface area (Å²) < 4.78 is 0. The average Bonchev–Trinajstić information content (AvgIpc) is 2.74. The first-order chi connectivity index (χ1) is 13.7. The van der Waals surface area contributed by atoms with E-state index in [1.54, 1.807) is 11.8 Å². The van der Waals surface area contributed by atoms with Crippen molar-refractivity contribution < 1.29 is 4.79 Å². The summed E-state index contributed by atoms with van der Waals surface area (Å²) in [7, 11) is 0. The van der Waals surface area contributed by atoms with E-state index in [2.05, 4.69) is 31.2 Å². The molecule has 3 aromatic carbocycles. The van der Waals surface area contributed by atoms with Crippen LogP contribution in [0.4, 0.5) is 0 Å². The lowest BCUT2D eigenvalue weighted by molar-refractivity contribution is -0.131. The van der Waals surface area contributed by atoms with Gasteiger partial charge in [-0.2, -0.15) is 0 Å². The molecule has 0 N–H and O–H groups in total. The molecule has 0 fully saturated rings. The second-order valence-electron chi connectivity index (χ2n) is 6.63. The van der Waals surface area contributed by atoms with Crippen LogP contribution in [0.2, 0.25) is 5.02 Å². The summed E-state index contributed by atoms with van der Waals surface area (Å²) in [6, 6.07) is 28.0. The van der Waals surface area contributed by atoms with Gasteiger partial charge in [-0.1, -0.05) is 79.2 Å². The number of carbonyl (C=O) groups excluding carboxylic acids is 1. The van der Waals surface area contributed by atoms with Crippen molar-refractivity contribution >= 4 is 29.3 Å². The number of hydrogen-bond acceptors (Lipinski definition) is 2. The van der Waals surface area contributed by atoms with Gasteiger partial charge in [0.1, 0.15) is 0 Å². The van der Waals surface area contributed by atoms with Crippen LogP contribution >= 0.6 is 23.4 Å². The Hall–Kier alpha value is -2.23. The highest BCUT2D eigenvalue weighted by Crippen LogP contribution is 2.29. The molecule has 0 aliphatic heterocycles. The van der Waals surface area contributed by atoms with Crippen molar-refractivity contribution in [3.05, 3.63) is 101 Å². The number of rotatable bonds is 8. The van der Waals surface area contributed by atoms with Gasteiger partial charge in [0.15, 0.2) is 0 Å². The van der Waals surface area contributed by atoms with Crippen LogP contribution in [0, 0.1) is 0 Å². The fourth-order valence-corrected chi connectivity index (χ4v) is 4.17. The van der Waals surface area contributed by atoms with Gasteiger partial charge in [-0.15, -0.1) is 11.8 Å². The number of amides is 1. The highest BCUT2D eigenvalue weighted by Gasteiger charge is 2.24. The predicted molar refractivity (Wildman–Crippen MR) is 119 cm³/mol. The van der Waals surface area contributed by atoms with E-state index in [-0.39, 0.29) is 11.2 Å². The molecule has 144 valence electrons. The minimum atomic E-state index is -0.131. The summed E-state index contributed by atoms with van der Waals surface area (Å²) in [5.74, 6) is 0.162. The Morgan fingerprint density at radius 2 is 1.36 bits per heavy atom. The highest BCUT2D eigenvalue weighted by molar-refractivity contribution is 8.00. The molecule has 0 saturated carbocycles. The van der Waals surface area contributed by atoms with Crippen molar-refractivity contribution in [2.75, 3.05) is 0 Å². The second kappa shape index (κ2) is 10.4. The van der Waals surface area contributed by atoms with Crippen LogP contribution in [0.3, 0.4) is 0 Å². The first kappa shape index (κ1) is 20.5. The molecule has 0 unspecified atom stereocenters. The Labute approximate surface area is 176 Å². The summed E-state index contributed by atoms with van der Waals surface area (Å²) >= 11 is 7.60. The third kappa shape index (κ3) is 5.88. The van der Waals surface area contributed by atoms with Crippen molar-refractivity contribution in [2.24, 2.45) is 0 Å². The quantitative estimate of drug-likeness (QED) is 0.399. The Balaban J connectivity index is 1.79. The average molecular weight is 410 g/mol. The summed E-state index contributed by atoms with van der Waals surface area (Å²) in [6.45, 7) is 3.27. The van der Waals surface area contributed by atoms with E-state index in [9.17, 15) is 4.79 Å². The zero-order valence-electron chi connectivity index (χ0n) is 15.9. The summed E-state index contributed by atoms with van der Waals surface area (Å²) in [5, 5.41) is 0.576. The second-order valence-corrected chi connectivity index (χ2v) is 8.35. The molecule has 3 aromatic rings. The Morgan fingerprint density at radius 3 is 1.82 bits per heavy atom. The first-order valence-electron chi connectivity index (χ1n) is 9.44.